The van der Waals surface area contributed by atoms with Gasteiger partial charge in [0, 0.05) is 31.1 Å². The van der Waals surface area contributed by atoms with Crippen molar-refractivity contribution in [2.24, 2.45) is 7.05 Å². The highest BCUT2D eigenvalue weighted by Crippen LogP contribution is 2.42. The number of carbonyl (C=O) groups is 1. The molecule has 0 spiro atoms. The fourth-order valence-electron chi connectivity index (χ4n) is 4.58. The zero-order valence-corrected chi connectivity index (χ0v) is 20.2. The summed E-state index contributed by atoms with van der Waals surface area (Å²) in [6.45, 7) is 5.24. The highest BCUT2D eigenvalue weighted by molar-refractivity contribution is 6.08. The number of hydrogen-bond donors (Lipinski definition) is 2. The highest BCUT2D eigenvalue weighted by atomic mass is 16.5. The first kappa shape index (κ1) is 22.9. The van der Waals surface area contributed by atoms with Crippen LogP contribution in [-0.2, 0) is 16.6 Å². The number of nitrogens with one attached hydrogen (secondary N) is 1. The van der Waals surface area contributed by atoms with Crippen molar-refractivity contribution in [3.63, 3.8) is 0 Å². The third-order valence-corrected chi connectivity index (χ3v) is 6.40. The normalized spacial score (nSPS) is 15.5. The van der Waals surface area contributed by atoms with Gasteiger partial charge in [-0.3, -0.25) is 4.79 Å². The Balaban J connectivity index is 1.62. The van der Waals surface area contributed by atoms with Crippen molar-refractivity contribution in [2.45, 2.75) is 32.8 Å². The molecule has 1 atom stereocenters. The first-order valence-corrected chi connectivity index (χ1v) is 11.8. The topological polar surface area (TPSA) is 104 Å². The number of carbonyl (C=O) groups excluding carboxylic acids is 1. The minimum Gasteiger partial charge on any atom is -0.488 e. The first-order chi connectivity index (χ1) is 17.0. The molecule has 1 amide bonds. The minimum atomic E-state index is -0.0203. The first-order valence-electron chi connectivity index (χ1n) is 11.8. The van der Waals surface area contributed by atoms with E-state index in [4.69, 9.17) is 15.2 Å². The summed E-state index contributed by atoms with van der Waals surface area (Å²) in [6, 6.07) is 14.0. The van der Waals surface area contributed by atoms with Crippen molar-refractivity contribution in [3.05, 3.63) is 54.4 Å². The van der Waals surface area contributed by atoms with Crippen LogP contribution >= 0.6 is 0 Å². The number of rotatable bonds is 6. The quantitative estimate of drug-likeness (QED) is 0.422. The Morgan fingerprint density at radius 2 is 1.97 bits per heavy atom. The Morgan fingerprint density at radius 3 is 2.66 bits per heavy atom. The van der Waals surface area contributed by atoms with Crippen LogP contribution in [0.15, 0.2) is 48.8 Å². The number of anilines is 2. The van der Waals surface area contributed by atoms with Crippen molar-refractivity contribution < 1.29 is 14.3 Å². The highest BCUT2D eigenvalue weighted by Gasteiger charge is 2.23. The molecule has 5 rings (SSSR count). The Labute approximate surface area is 204 Å². The van der Waals surface area contributed by atoms with Crippen LogP contribution in [0.3, 0.4) is 0 Å². The monoisotopic (exact) mass is 471 g/mol. The molecule has 3 N–H and O–H groups in total. The summed E-state index contributed by atoms with van der Waals surface area (Å²) in [4.78, 5) is 20.6. The summed E-state index contributed by atoms with van der Waals surface area (Å²) in [6.07, 6.45) is 2.90. The van der Waals surface area contributed by atoms with Gasteiger partial charge < -0.3 is 25.1 Å². The van der Waals surface area contributed by atoms with Gasteiger partial charge in [0.1, 0.15) is 29.6 Å². The van der Waals surface area contributed by atoms with Crippen LogP contribution in [0, 0.1) is 6.92 Å². The summed E-state index contributed by atoms with van der Waals surface area (Å²) in [5, 5.41) is 3.71. The summed E-state index contributed by atoms with van der Waals surface area (Å²) >= 11 is 0. The number of amides is 1. The zero-order chi connectivity index (χ0) is 24.5. The Hall–Kier alpha value is -3.91. The number of fused-ring (bicyclic) bond motifs is 1. The van der Waals surface area contributed by atoms with Gasteiger partial charge in [0.25, 0.3) is 0 Å². The van der Waals surface area contributed by atoms with Crippen molar-refractivity contribution in [1.82, 2.24) is 14.5 Å². The molecule has 180 valence electrons. The Bertz CT molecular complexity index is 1390. The second-order valence-electron chi connectivity index (χ2n) is 8.80. The molecule has 0 aliphatic carbocycles. The lowest BCUT2D eigenvalue weighted by Crippen LogP contribution is -2.16. The molecule has 0 saturated carbocycles. The number of aromatic nitrogens is 3. The smallest absolute Gasteiger partial charge is 0.224 e. The van der Waals surface area contributed by atoms with Gasteiger partial charge >= 0.3 is 0 Å². The molecule has 1 aliphatic heterocycles. The summed E-state index contributed by atoms with van der Waals surface area (Å²) in [5.41, 5.74) is 12.8. The van der Waals surface area contributed by atoms with Crippen LogP contribution in [-0.4, -0.2) is 39.8 Å². The third-order valence-electron chi connectivity index (χ3n) is 6.40. The van der Waals surface area contributed by atoms with Gasteiger partial charge in [0.2, 0.25) is 5.91 Å². The van der Waals surface area contributed by atoms with E-state index in [-0.39, 0.29) is 12.0 Å². The van der Waals surface area contributed by atoms with Crippen molar-refractivity contribution in [1.29, 1.82) is 0 Å². The van der Waals surface area contributed by atoms with Gasteiger partial charge in [0.05, 0.1) is 24.3 Å². The van der Waals surface area contributed by atoms with Crippen LogP contribution in [0.2, 0.25) is 0 Å². The fraction of sp³-hybridized carbons (Fsp3) is 0.296. The van der Waals surface area contributed by atoms with Gasteiger partial charge in [-0.05, 0) is 47.9 Å². The maximum Gasteiger partial charge on any atom is 0.224 e. The average Bonchev–Trinajstić information content (AvgIpc) is 3.48. The maximum atomic E-state index is 11.8. The van der Waals surface area contributed by atoms with E-state index in [2.05, 4.69) is 27.4 Å². The Morgan fingerprint density at radius 1 is 1.20 bits per heavy atom. The van der Waals surface area contributed by atoms with Gasteiger partial charge in [-0.25, -0.2) is 9.97 Å². The summed E-state index contributed by atoms with van der Waals surface area (Å²) in [7, 11) is 1.98. The second kappa shape index (κ2) is 9.38. The molecule has 1 unspecified atom stereocenters. The van der Waals surface area contributed by atoms with Crippen molar-refractivity contribution >= 4 is 28.4 Å². The van der Waals surface area contributed by atoms with E-state index < -0.39 is 0 Å². The van der Waals surface area contributed by atoms with Crippen molar-refractivity contribution in [2.75, 3.05) is 24.3 Å². The molecule has 1 fully saturated rings. The summed E-state index contributed by atoms with van der Waals surface area (Å²) in [5.74, 6) is 1.26. The molecule has 35 heavy (non-hydrogen) atoms. The number of hydrogen-bond acceptors (Lipinski definition) is 6. The van der Waals surface area contributed by atoms with E-state index in [0.29, 0.717) is 18.8 Å². The largest absolute Gasteiger partial charge is 0.488 e. The second-order valence-corrected chi connectivity index (χ2v) is 8.80. The zero-order valence-electron chi connectivity index (χ0n) is 20.2. The van der Waals surface area contributed by atoms with Gasteiger partial charge in [0.15, 0.2) is 0 Å². The van der Waals surface area contributed by atoms with E-state index in [1.54, 1.807) is 0 Å². The van der Waals surface area contributed by atoms with E-state index >= 15 is 0 Å². The van der Waals surface area contributed by atoms with Crippen LogP contribution in [0.5, 0.6) is 5.75 Å². The Kier molecular flexibility index (Phi) is 6.13. The molecule has 8 heteroatoms. The predicted octanol–water partition coefficient (Wildman–Crippen LogP) is 4.71. The lowest BCUT2D eigenvalue weighted by Gasteiger charge is -2.16. The maximum absolute atomic E-state index is 11.8. The lowest BCUT2D eigenvalue weighted by molar-refractivity contribution is -0.115. The molecule has 2 aromatic heterocycles. The molecule has 0 radical (unpaired) electrons. The molecular formula is C27H29N5O3. The molecule has 8 nitrogen and oxygen atoms in total. The number of nitrogens with zero attached hydrogens (tertiary/aromatic N) is 3. The molecule has 4 aromatic rings. The minimum absolute atomic E-state index is 0.0203. The van der Waals surface area contributed by atoms with Gasteiger partial charge in [-0.1, -0.05) is 25.1 Å². The standard InChI is InChI=1S/C27H29N5O3/c1-4-22(33)31-19-8-5-17(6-9-19)25-23(24-26(28)29-15-30-27(24)32(25)3)18-7-10-21(16(2)13-18)35-20-11-12-34-14-20/h5-10,13,15,20H,4,11-12,14H2,1-3H3,(H,31,33)(H2,28,29,30). The van der Waals surface area contributed by atoms with Gasteiger partial charge in [-0.2, -0.15) is 0 Å². The molecule has 2 aromatic carbocycles. The predicted molar refractivity (Wildman–Crippen MR) is 137 cm³/mol. The van der Waals surface area contributed by atoms with Crippen LogP contribution in [0.1, 0.15) is 25.3 Å². The van der Waals surface area contributed by atoms with Crippen LogP contribution in [0.4, 0.5) is 11.5 Å². The van der Waals surface area contributed by atoms with E-state index in [1.165, 1.54) is 6.33 Å². The van der Waals surface area contributed by atoms with Gasteiger partial charge in [-0.15, -0.1) is 0 Å². The molecule has 1 aliphatic rings. The molecule has 0 bridgehead atoms. The number of benzene rings is 2. The molecule has 1 saturated heterocycles. The van der Waals surface area contributed by atoms with E-state index in [9.17, 15) is 4.79 Å². The van der Waals surface area contributed by atoms with Crippen LogP contribution < -0.4 is 15.8 Å². The molecule has 3 heterocycles. The lowest BCUT2D eigenvalue weighted by atomic mass is 9.97. The number of nitrogen functional groups attached to an aromatic ring is 1. The van der Waals surface area contributed by atoms with E-state index in [1.807, 2.05) is 55.8 Å². The summed E-state index contributed by atoms with van der Waals surface area (Å²) < 4.78 is 13.7. The van der Waals surface area contributed by atoms with Crippen LogP contribution in [0.25, 0.3) is 33.4 Å². The van der Waals surface area contributed by atoms with Crippen molar-refractivity contribution in [3.8, 4) is 28.1 Å². The number of ether oxygens (including phenoxy) is 2. The number of nitrogens with two attached hydrogens (primary N) is 1. The average molecular weight is 472 g/mol. The number of aryl methyl sites for hydroxylation is 2. The van der Waals surface area contributed by atoms with E-state index in [0.717, 1.165) is 63.4 Å². The fourth-order valence-corrected chi connectivity index (χ4v) is 4.58. The SMILES string of the molecule is CCC(=O)Nc1ccc(-c2c(-c3ccc(OC4CCOC4)c(C)c3)c3c(N)ncnc3n2C)cc1. The third kappa shape index (κ3) is 4.33. The molecular weight excluding hydrogens is 442 g/mol.